The van der Waals surface area contributed by atoms with Crippen LogP contribution in [0.2, 0.25) is 0 Å². The molecule has 2 nitrogen and oxygen atoms in total. The zero-order chi connectivity index (χ0) is 33.4. The highest BCUT2D eigenvalue weighted by Gasteiger charge is 2.53. The fourth-order valence-electron chi connectivity index (χ4n) is 9.70. The van der Waals surface area contributed by atoms with E-state index < -0.39 is 10.0 Å². The molecule has 0 radical (unpaired) electrons. The van der Waals surface area contributed by atoms with Gasteiger partial charge in [0, 0.05) is 47.6 Å². The third kappa shape index (κ3) is 3.33. The Morgan fingerprint density at radius 3 is 1.90 bits per heavy atom. The van der Waals surface area contributed by atoms with Crippen LogP contribution in [0.3, 0.4) is 0 Å². The minimum Gasteiger partial charge on any atom is -0.375 e. The van der Waals surface area contributed by atoms with Gasteiger partial charge in [-0.05, 0) is 94.7 Å². The van der Waals surface area contributed by atoms with E-state index in [1.807, 2.05) is 0 Å². The molecule has 7 aromatic rings. The number of benzene rings is 7. The summed E-state index contributed by atoms with van der Waals surface area (Å²) in [6.45, 7) is 7.09. The van der Waals surface area contributed by atoms with Crippen molar-refractivity contribution in [2.24, 2.45) is 0 Å². The monoisotopic (exact) mass is 658 g/mol. The smallest absolute Gasteiger partial charge is 0.333 e. The van der Waals surface area contributed by atoms with Crippen LogP contribution in [0.25, 0.3) is 11.1 Å². The molecule has 0 bridgehead atoms. The molecule has 4 heterocycles. The van der Waals surface area contributed by atoms with Crippen LogP contribution < -0.4 is 20.6 Å². The van der Waals surface area contributed by atoms with E-state index in [0.29, 0.717) is 0 Å². The fraction of sp³-hybridized carbons (Fsp3) is 0.0870. The van der Waals surface area contributed by atoms with Crippen molar-refractivity contribution in [1.82, 2.24) is 0 Å². The molecule has 0 saturated carbocycles. The van der Waals surface area contributed by atoms with Gasteiger partial charge in [0.05, 0.1) is 11.4 Å². The Labute approximate surface area is 296 Å². The first-order valence-corrected chi connectivity index (χ1v) is 19.3. The molecule has 0 saturated heterocycles. The maximum absolute atomic E-state index is 2.73. The molecule has 11 rings (SSSR count). The lowest BCUT2D eigenvalue weighted by atomic mass is 9.42. The van der Waals surface area contributed by atoms with Gasteiger partial charge in [-0.1, -0.05) is 117 Å². The normalized spacial score (nSPS) is 16.7. The summed E-state index contributed by atoms with van der Waals surface area (Å²) in [5.41, 5.74) is 16.0. The number of hydrogen-bond donors (Lipinski definition) is 0. The van der Waals surface area contributed by atoms with E-state index in [0.717, 1.165) is 0 Å². The Bertz CT molecular complexity index is 2520. The van der Waals surface area contributed by atoms with Crippen molar-refractivity contribution in [3.63, 3.8) is 0 Å². The number of anilines is 5. The molecule has 50 heavy (non-hydrogen) atoms. The topological polar surface area (TPSA) is 6.48 Å². The Morgan fingerprint density at radius 2 is 1.14 bits per heavy atom. The standard InChI is InChI=1S/C46H35BN2S/c1-30-28-34-33-20-14-27-42-44(33)49(39-25-12-13-26-41(39)50(42,31-16-6-4-7-17-31)32-18-8-5-9-19-32)47-37-23-15-22-36-45(37)48(40(29-30)43(34)47)38-24-11-10-21-35(38)46(36,2)3/h4-29H,1-3H3. The highest BCUT2D eigenvalue weighted by molar-refractivity contribution is 8.34. The van der Waals surface area contributed by atoms with Crippen LogP contribution in [0.1, 0.15) is 30.5 Å². The molecular weight excluding hydrogens is 623 g/mol. The number of fused-ring (bicyclic) bond motifs is 8. The van der Waals surface area contributed by atoms with Crippen LogP contribution in [0.5, 0.6) is 0 Å². The predicted octanol–water partition coefficient (Wildman–Crippen LogP) is 11.0. The van der Waals surface area contributed by atoms with Gasteiger partial charge in [0.25, 0.3) is 0 Å². The van der Waals surface area contributed by atoms with Gasteiger partial charge >= 0.3 is 6.85 Å². The molecule has 0 N–H and O–H groups in total. The van der Waals surface area contributed by atoms with Gasteiger partial charge in [0.1, 0.15) is 0 Å². The van der Waals surface area contributed by atoms with Crippen LogP contribution in [0.15, 0.2) is 177 Å². The zero-order valence-corrected chi connectivity index (χ0v) is 29.2. The van der Waals surface area contributed by atoms with E-state index in [1.54, 1.807) is 0 Å². The molecule has 4 aliphatic heterocycles. The van der Waals surface area contributed by atoms with Crippen molar-refractivity contribution >= 4 is 56.2 Å². The summed E-state index contributed by atoms with van der Waals surface area (Å²) in [6.07, 6.45) is 0. The number of rotatable bonds is 2. The van der Waals surface area contributed by atoms with Crippen LogP contribution in [0, 0.1) is 6.92 Å². The largest absolute Gasteiger partial charge is 0.375 e. The summed E-state index contributed by atoms with van der Waals surface area (Å²) in [6, 6.07) is 60.1. The predicted molar refractivity (Wildman–Crippen MR) is 211 cm³/mol. The second-order valence-electron chi connectivity index (χ2n) is 14.6. The van der Waals surface area contributed by atoms with Gasteiger partial charge in [0.2, 0.25) is 0 Å². The number of nitrogens with zero attached hydrogens (tertiary/aromatic N) is 2. The van der Waals surface area contributed by atoms with Crippen LogP contribution >= 0.6 is 10.0 Å². The van der Waals surface area contributed by atoms with Crippen LogP contribution in [-0.2, 0) is 5.41 Å². The van der Waals surface area contributed by atoms with E-state index >= 15 is 0 Å². The maximum atomic E-state index is 2.73. The van der Waals surface area contributed by atoms with E-state index in [9.17, 15) is 0 Å². The van der Waals surface area contributed by atoms with Gasteiger partial charge in [-0.3, -0.25) is 0 Å². The molecule has 238 valence electrons. The second-order valence-corrected chi connectivity index (χ2v) is 17.6. The molecule has 0 atom stereocenters. The van der Waals surface area contributed by atoms with Gasteiger partial charge in [0.15, 0.2) is 0 Å². The van der Waals surface area contributed by atoms with E-state index in [1.165, 1.54) is 86.8 Å². The summed E-state index contributed by atoms with van der Waals surface area (Å²) in [4.78, 5) is 10.9. The Morgan fingerprint density at radius 1 is 0.520 bits per heavy atom. The molecule has 0 aromatic heterocycles. The Hall–Kier alpha value is -5.45. The molecule has 0 amide bonds. The lowest BCUT2D eigenvalue weighted by molar-refractivity contribution is 0.632. The zero-order valence-electron chi connectivity index (χ0n) is 28.4. The summed E-state index contributed by atoms with van der Waals surface area (Å²) in [5, 5.41) is 0. The third-order valence-corrected chi connectivity index (χ3v) is 15.6. The Kier molecular flexibility index (Phi) is 5.59. The van der Waals surface area contributed by atoms with Crippen molar-refractivity contribution in [2.75, 3.05) is 9.71 Å². The molecule has 0 spiro atoms. The van der Waals surface area contributed by atoms with Gasteiger partial charge < -0.3 is 9.71 Å². The minimum atomic E-state index is -1.84. The number of para-hydroxylation sites is 4. The van der Waals surface area contributed by atoms with Gasteiger partial charge in [-0.25, -0.2) is 0 Å². The summed E-state index contributed by atoms with van der Waals surface area (Å²) >= 11 is 0. The van der Waals surface area contributed by atoms with Crippen molar-refractivity contribution in [2.45, 2.75) is 45.8 Å². The molecule has 0 aliphatic carbocycles. The highest BCUT2D eigenvalue weighted by atomic mass is 32.3. The molecule has 4 aliphatic rings. The van der Waals surface area contributed by atoms with Crippen molar-refractivity contribution < 1.29 is 0 Å². The average molecular weight is 659 g/mol. The van der Waals surface area contributed by atoms with Crippen molar-refractivity contribution in [1.29, 1.82) is 0 Å². The first-order valence-electron chi connectivity index (χ1n) is 17.6. The summed E-state index contributed by atoms with van der Waals surface area (Å²) in [5.74, 6) is 0. The SMILES string of the molecule is Cc1cc2c3c(c1)N1c4ccccc4C(C)(C)c4cccc(c41)B3N1c3ccccc3S(c3ccccc3)(c3ccccc3)c3cccc-2c31. The molecular formula is C46H35BN2S. The van der Waals surface area contributed by atoms with Crippen molar-refractivity contribution in [3.05, 3.63) is 174 Å². The maximum Gasteiger partial charge on any atom is 0.333 e. The van der Waals surface area contributed by atoms with Gasteiger partial charge in [-0.15, -0.1) is 10.0 Å². The van der Waals surface area contributed by atoms with E-state index in [2.05, 4.69) is 188 Å². The molecule has 7 aromatic carbocycles. The van der Waals surface area contributed by atoms with Crippen molar-refractivity contribution in [3.8, 4) is 11.1 Å². The average Bonchev–Trinajstić information content (AvgIpc) is 3.16. The van der Waals surface area contributed by atoms with Crippen LogP contribution in [-0.4, -0.2) is 6.85 Å². The van der Waals surface area contributed by atoms with E-state index in [4.69, 9.17) is 0 Å². The Balaban J connectivity index is 1.32. The minimum absolute atomic E-state index is 0.0200. The quantitative estimate of drug-likeness (QED) is 0.171. The molecule has 4 heteroatoms. The first kappa shape index (κ1) is 28.4. The van der Waals surface area contributed by atoms with Crippen LogP contribution in [0.4, 0.5) is 28.4 Å². The summed E-state index contributed by atoms with van der Waals surface area (Å²) < 4.78 is 0. The second kappa shape index (κ2) is 9.83. The van der Waals surface area contributed by atoms with E-state index in [-0.39, 0.29) is 12.3 Å². The molecule has 0 fully saturated rings. The molecule has 0 unspecified atom stereocenters. The lowest BCUT2D eigenvalue weighted by Gasteiger charge is -2.55. The summed E-state index contributed by atoms with van der Waals surface area (Å²) in [7, 11) is -1.84. The fourth-order valence-corrected chi connectivity index (χ4v) is 13.9. The third-order valence-electron chi connectivity index (χ3n) is 11.7. The lowest BCUT2D eigenvalue weighted by Crippen LogP contribution is -2.63. The highest BCUT2D eigenvalue weighted by Crippen LogP contribution is 2.80. The number of hydrogen-bond acceptors (Lipinski definition) is 2. The first-order chi connectivity index (χ1) is 24.5. The number of aryl methyl sites for hydroxylation is 1. The van der Waals surface area contributed by atoms with Gasteiger partial charge in [-0.2, -0.15) is 0 Å².